The van der Waals surface area contributed by atoms with Gasteiger partial charge in [-0.25, -0.2) is 0 Å². The Kier molecular flexibility index (Phi) is 4.55. The molecule has 0 radical (unpaired) electrons. The molecule has 0 spiro atoms. The molecule has 0 bridgehead atoms. The Morgan fingerprint density at radius 1 is 1.21 bits per heavy atom. The molecule has 4 heteroatoms. The number of hydrogen-bond donors (Lipinski definition) is 2. The SMILES string of the molecule is CCC(CO)(CO)C(=O)OC(C)(C)C. The maximum atomic E-state index is 11.6. The number of ether oxygens (including phenoxy) is 1. The predicted molar refractivity (Wildman–Crippen MR) is 52.7 cm³/mol. The van der Waals surface area contributed by atoms with Gasteiger partial charge in [-0.3, -0.25) is 4.79 Å². The molecule has 0 aliphatic rings. The third-order valence-electron chi connectivity index (χ3n) is 2.11. The molecule has 0 aliphatic carbocycles. The van der Waals surface area contributed by atoms with Crippen LogP contribution >= 0.6 is 0 Å². The van der Waals surface area contributed by atoms with Crippen LogP contribution in [0.2, 0.25) is 0 Å². The lowest BCUT2D eigenvalue weighted by Gasteiger charge is -2.30. The van der Waals surface area contributed by atoms with Gasteiger partial charge in [-0.1, -0.05) is 6.92 Å². The van der Waals surface area contributed by atoms with E-state index in [1.807, 2.05) is 0 Å². The quantitative estimate of drug-likeness (QED) is 0.662. The van der Waals surface area contributed by atoms with E-state index in [9.17, 15) is 4.79 Å². The summed E-state index contributed by atoms with van der Waals surface area (Å²) in [5.74, 6) is -0.544. The largest absolute Gasteiger partial charge is 0.459 e. The highest BCUT2D eigenvalue weighted by Crippen LogP contribution is 2.25. The molecular formula is C10H20O4. The zero-order valence-electron chi connectivity index (χ0n) is 9.33. The van der Waals surface area contributed by atoms with Gasteiger partial charge in [-0.05, 0) is 27.2 Å². The number of carbonyl (C=O) groups excluding carboxylic acids is 1. The summed E-state index contributed by atoms with van der Waals surface area (Å²) in [6.45, 7) is 6.19. The maximum Gasteiger partial charge on any atom is 0.317 e. The van der Waals surface area contributed by atoms with E-state index < -0.39 is 30.2 Å². The number of esters is 1. The first-order chi connectivity index (χ1) is 6.31. The standard InChI is InChI=1S/C10H20O4/c1-5-10(6-11,7-12)8(13)14-9(2,3)4/h11-12H,5-7H2,1-4H3. The zero-order chi connectivity index (χ0) is 11.4. The third kappa shape index (κ3) is 3.27. The minimum Gasteiger partial charge on any atom is -0.459 e. The zero-order valence-corrected chi connectivity index (χ0v) is 9.33. The summed E-state index contributed by atoms with van der Waals surface area (Å²) in [6.07, 6.45) is 0.356. The van der Waals surface area contributed by atoms with Crippen LogP contribution in [0.1, 0.15) is 34.1 Å². The van der Waals surface area contributed by atoms with Crippen molar-refractivity contribution in [1.82, 2.24) is 0 Å². The number of aliphatic hydroxyl groups excluding tert-OH is 2. The van der Waals surface area contributed by atoms with Crippen molar-refractivity contribution in [2.45, 2.75) is 39.7 Å². The highest BCUT2D eigenvalue weighted by molar-refractivity contribution is 5.77. The van der Waals surface area contributed by atoms with E-state index >= 15 is 0 Å². The minimum absolute atomic E-state index is 0.356. The molecule has 14 heavy (non-hydrogen) atoms. The van der Waals surface area contributed by atoms with Gasteiger partial charge in [0.1, 0.15) is 11.0 Å². The Labute approximate surface area is 84.9 Å². The average Bonchev–Trinajstić information content (AvgIpc) is 2.05. The molecule has 0 atom stereocenters. The van der Waals surface area contributed by atoms with Gasteiger partial charge in [0.15, 0.2) is 0 Å². The van der Waals surface area contributed by atoms with Crippen molar-refractivity contribution in [1.29, 1.82) is 0 Å². The number of hydrogen-bond acceptors (Lipinski definition) is 4. The summed E-state index contributed by atoms with van der Waals surface area (Å²) in [6, 6.07) is 0. The van der Waals surface area contributed by atoms with Gasteiger partial charge in [-0.2, -0.15) is 0 Å². The van der Waals surface area contributed by atoms with Crippen molar-refractivity contribution in [3.63, 3.8) is 0 Å². The smallest absolute Gasteiger partial charge is 0.317 e. The lowest BCUT2D eigenvalue weighted by Crippen LogP contribution is -2.42. The van der Waals surface area contributed by atoms with Gasteiger partial charge in [-0.15, -0.1) is 0 Å². The molecule has 0 rings (SSSR count). The molecule has 0 saturated carbocycles. The van der Waals surface area contributed by atoms with Crippen LogP contribution in [0.5, 0.6) is 0 Å². The van der Waals surface area contributed by atoms with Crippen molar-refractivity contribution in [3.8, 4) is 0 Å². The van der Waals surface area contributed by atoms with Crippen molar-refractivity contribution in [2.75, 3.05) is 13.2 Å². The Hall–Kier alpha value is -0.610. The summed E-state index contributed by atoms with van der Waals surface area (Å²) >= 11 is 0. The molecule has 0 fully saturated rings. The second-order valence-corrected chi connectivity index (χ2v) is 4.45. The van der Waals surface area contributed by atoms with E-state index in [0.717, 1.165) is 0 Å². The molecule has 0 aromatic carbocycles. The van der Waals surface area contributed by atoms with Gasteiger partial charge in [0, 0.05) is 0 Å². The van der Waals surface area contributed by atoms with Crippen LogP contribution in [-0.2, 0) is 9.53 Å². The van der Waals surface area contributed by atoms with Gasteiger partial charge in [0.25, 0.3) is 0 Å². The predicted octanol–water partition coefficient (Wildman–Crippen LogP) is 0.709. The van der Waals surface area contributed by atoms with E-state index in [1.54, 1.807) is 27.7 Å². The lowest BCUT2D eigenvalue weighted by molar-refractivity contribution is -0.173. The average molecular weight is 204 g/mol. The molecule has 0 saturated heterocycles. The fourth-order valence-electron chi connectivity index (χ4n) is 0.933. The first-order valence-corrected chi connectivity index (χ1v) is 4.76. The van der Waals surface area contributed by atoms with E-state index in [4.69, 9.17) is 14.9 Å². The van der Waals surface area contributed by atoms with Crippen molar-refractivity contribution in [3.05, 3.63) is 0 Å². The van der Waals surface area contributed by atoms with E-state index in [2.05, 4.69) is 0 Å². The van der Waals surface area contributed by atoms with Crippen LogP contribution in [0, 0.1) is 5.41 Å². The van der Waals surface area contributed by atoms with Crippen LogP contribution in [0.15, 0.2) is 0 Å². The van der Waals surface area contributed by atoms with E-state index in [0.29, 0.717) is 6.42 Å². The molecule has 0 unspecified atom stereocenters. The Balaban J connectivity index is 4.61. The summed E-state index contributed by atoms with van der Waals surface area (Å²) in [4.78, 5) is 11.6. The van der Waals surface area contributed by atoms with E-state index in [1.165, 1.54) is 0 Å². The van der Waals surface area contributed by atoms with Crippen LogP contribution in [0.4, 0.5) is 0 Å². The summed E-state index contributed by atoms with van der Waals surface area (Å²) in [7, 11) is 0. The highest BCUT2D eigenvalue weighted by atomic mass is 16.6. The highest BCUT2D eigenvalue weighted by Gasteiger charge is 2.39. The van der Waals surface area contributed by atoms with Gasteiger partial charge >= 0.3 is 5.97 Å². The number of aliphatic hydroxyl groups is 2. The molecule has 0 heterocycles. The molecule has 0 amide bonds. The molecule has 4 nitrogen and oxygen atoms in total. The Morgan fingerprint density at radius 3 is 1.86 bits per heavy atom. The third-order valence-corrected chi connectivity index (χ3v) is 2.11. The number of rotatable bonds is 4. The normalized spacial score (nSPS) is 12.7. The first kappa shape index (κ1) is 13.4. The second-order valence-electron chi connectivity index (χ2n) is 4.45. The fraction of sp³-hybridized carbons (Fsp3) is 0.900. The van der Waals surface area contributed by atoms with Crippen LogP contribution in [0.25, 0.3) is 0 Å². The fourth-order valence-corrected chi connectivity index (χ4v) is 0.933. The first-order valence-electron chi connectivity index (χ1n) is 4.76. The van der Waals surface area contributed by atoms with Gasteiger partial charge < -0.3 is 14.9 Å². The van der Waals surface area contributed by atoms with Crippen LogP contribution in [0.3, 0.4) is 0 Å². The summed E-state index contributed by atoms with van der Waals surface area (Å²) in [5, 5.41) is 18.2. The lowest BCUT2D eigenvalue weighted by atomic mass is 9.87. The van der Waals surface area contributed by atoms with Crippen molar-refractivity contribution < 1.29 is 19.7 Å². The topological polar surface area (TPSA) is 66.8 Å². The van der Waals surface area contributed by atoms with Crippen molar-refractivity contribution in [2.24, 2.45) is 5.41 Å². The monoisotopic (exact) mass is 204 g/mol. The Morgan fingerprint density at radius 2 is 1.64 bits per heavy atom. The summed E-state index contributed by atoms with van der Waals surface area (Å²) in [5.41, 5.74) is -1.75. The number of carbonyl (C=O) groups is 1. The van der Waals surface area contributed by atoms with Gasteiger partial charge in [0.05, 0.1) is 13.2 Å². The summed E-state index contributed by atoms with van der Waals surface area (Å²) < 4.78 is 5.12. The minimum atomic E-state index is -1.16. The van der Waals surface area contributed by atoms with Crippen LogP contribution < -0.4 is 0 Å². The van der Waals surface area contributed by atoms with Crippen molar-refractivity contribution >= 4 is 5.97 Å². The molecule has 2 N–H and O–H groups in total. The molecule has 84 valence electrons. The molecule has 0 aromatic heterocycles. The maximum absolute atomic E-state index is 11.6. The Bertz CT molecular complexity index is 181. The molecule has 0 aliphatic heterocycles. The second kappa shape index (κ2) is 4.75. The van der Waals surface area contributed by atoms with Gasteiger partial charge in [0.2, 0.25) is 0 Å². The molecule has 0 aromatic rings. The molecular weight excluding hydrogens is 184 g/mol. The van der Waals surface area contributed by atoms with Crippen LogP contribution in [-0.4, -0.2) is 35.0 Å². The van der Waals surface area contributed by atoms with E-state index in [-0.39, 0.29) is 0 Å².